The van der Waals surface area contributed by atoms with Gasteiger partial charge in [0.1, 0.15) is 5.82 Å². The highest BCUT2D eigenvalue weighted by molar-refractivity contribution is 5.14. The molecule has 2 heteroatoms. The highest BCUT2D eigenvalue weighted by atomic mass is 14.9. The fourth-order valence-electron chi connectivity index (χ4n) is 2.38. The summed E-state index contributed by atoms with van der Waals surface area (Å²) in [6, 6.07) is 0. The summed E-state index contributed by atoms with van der Waals surface area (Å²) in [4.78, 5) is 9.09. The lowest BCUT2D eigenvalue weighted by Gasteiger charge is -2.14. The topological polar surface area (TPSA) is 25.8 Å². The number of hydrogen-bond acceptors (Lipinski definition) is 2. The Hall–Kier alpha value is -1.18. The van der Waals surface area contributed by atoms with Crippen LogP contribution < -0.4 is 0 Å². The van der Waals surface area contributed by atoms with Gasteiger partial charge in [-0.3, -0.25) is 0 Å². The summed E-state index contributed by atoms with van der Waals surface area (Å²) in [5.41, 5.74) is 2.75. The summed E-state index contributed by atoms with van der Waals surface area (Å²) >= 11 is 0. The summed E-state index contributed by atoms with van der Waals surface area (Å²) < 4.78 is 0. The second kappa shape index (κ2) is 9.70. The van der Waals surface area contributed by atoms with Gasteiger partial charge >= 0.3 is 0 Å². The second-order valence-electron chi connectivity index (χ2n) is 6.49. The smallest absolute Gasteiger partial charge is 0.132 e. The number of nitrogens with zero attached hydrogens (tertiary/aromatic N) is 2. The van der Waals surface area contributed by atoms with Crippen molar-refractivity contribution in [3.63, 3.8) is 0 Å². The maximum atomic E-state index is 4.55. The Bertz CT molecular complexity index is 418. The van der Waals surface area contributed by atoms with Crippen molar-refractivity contribution in [3.05, 3.63) is 35.4 Å². The minimum absolute atomic E-state index is 0.621. The summed E-state index contributed by atoms with van der Waals surface area (Å²) in [7, 11) is 0. The second-order valence-corrected chi connectivity index (χ2v) is 6.49. The third-order valence-electron chi connectivity index (χ3n) is 4.06. The van der Waals surface area contributed by atoms with E-state index in [4.69, 9.17) is 0 Å². The molecule has 0 saturated heterocycles. The molecule has 0 amide bonds. The predicted octanol–water partition coefficient (Wildman–Crippen LogP) is 5.38. The Morgan fingerprint density at radius 2 is 1.81 bits per heavy atom. The largest absolute Gasteiger partial charge is 0.241 e. The molecule has 0 aliphatic heterocycles. The molecule has 0 bridgehead atoms. The third-order valence-corrected chi connectivity index (χ3v) is 4.06. The fourth-order valence-corrected chi connectivity index (χ4v) is 2.38. The molecule has 0 N–H and O–H groups in total. The zero-order valence-corrected chi connectivity index (χ0v) is 14.5. The van der Waals surface area contributed by atoms with Crippen LogP contribution in [-0.4, -0.2) is 9.97 Å². The van der Waals surface area contributed by atoms with E-state index in [1.54, 1.807) is 0 Å². The van der Waals surface area contributed by atoms with Crippen LogP contribution in [-0.2, 0) is 12.8 Å². The lowest BCUT2D eigenvalue weighted by Crippen LogP contribution is -2.05. The van der Waals surface area contributed by atoms with Crippen molar-refractivity contribution in [2.45, 2.75) is 73.1 Å². The van der Waals surface area contributed by atoms with Gasteiger partial charge in [-0.25, -0.2) is 9.97 Å². The first-order valence-corrected chi connectivity index (χ1v) is 8.55. The standard InChI is InChI=1S/C19H32N2/c1-6-9-17-13-20-19(21-14-17)12-18(16(5)7-2)11-8-10-15(3)4/h11,13-16H,6-10,12H2,1-5H3/b18-11-. The van der Waals surface area contributed by atoms with Gasteiger partial charge < -0.3 is 0 Å². The summed E-state index contributed by atoms with van der Waals surface area (Å²) in [5.74, 6) is 2.35. The summed E-state index contributed by atoms with van der Waals surface area (Å²) in [5, 5.41) is 0. The molecule has 1 rings (SSSR count). The van der Waals surface area contributed by atoms with Crippen LogP contribution in [0.5, 0.6) is 0 Å². The number of hydrogen-bond donors (Lipinski definition) is 0. The molecular formula is C19H32N2. The molecule has 0 spiro atoms. The fraction of sp³-hybridized carbons (Fsp3) is 0.684. The van der Waals surface area contributed by atoms with E-state index >= 15 is 0 Å². The van der Waals surface area contributed by atoms with Gasteiger partial charge in [0.2, 0.25) is 0 Å². The highest BCUT2D eigenvalue weighted by Gasteiger charge is 2.09. The van der Waals surface area contributed by atoms with Crippen LogP contribution in [0.25, 0.3) is 0 Å². The Balaban J connectivity index is 2.71. The first kappa shape index (κ1) is 17.9. The highest BCUT2D eigenvalue weighted by Crippen LogP contribution is 2.20. The Labute approximate surface area is 131 Å². The van der Waals surface area contributed by atoms with Crippen molar-refractivity contribution in [1.29, 1.82) is 0 Å². The summed E-state index contributed by atoms with van der Waals surface area (Å²) in [6.45, 7) is 11.3. The average Bonchev–Trinajstić information content (AvgIpc) is 2.47. The van der Waals surface area contributed by atoms with Crippen LogP contribution in [0.4, 0.5) is 0 Å². The van der Waals surface area contributed by atoms with E-state index in [1.165, 1.54) is 30.4 Å². The van der Waals surface area contributed by atoms with Gasteiger partial charge in [-0.15, -0.1) is 0 Å². The molecule has 0 saturated carbocycles. The van der Waals surface area contributed by atoms with Crippen molar-refractivity contribution >= 4 is 0 Å². The molecular weight excluding hydrogens is 256 g/mol. The van der Waals surface area contributed by atoms with E-state index in [0.717, 1.165) is 31.0 Å². The SMILES string of the molecule is CCCc1cnc(C/C(=C/CCC(C)C)C(C)CC)nc1. The number of rotatable bonds is 9. The molecule has 1 atom stereocenters. The molecule has 0 fully saturated rings. The van der Waals surface area contributed by atoms with Gasteiger partial charge in [-0.05, 0) is 43.1 Å². The van der Waals surface area contributed by atoms with Gasteiger partial charge in [0.05, 0.1) is 0 Å². The number of aryl methyl sites for hydroxylation is 1. The van der Waals surface area contributed by atoms with E-state index in [2.05, 4.69) is 50.7 Å². The van der Waals surface area contributed by atoms with E-state index in [-0.39, 0.29) is 0 Å². The Morgan fingerprint density at radius 1 is 1.14 bits per heavy atom. The Morgan fingerprint density at radius 3 is 2.33 bits per heavy atom. The van der Waals surface area contributed by atoms with Gasteiger partial charge in [0, 0.05) is 18.8 Å². The quantitative estimate of drug-likeness (QED) is 0.570. The van der Waals surface area contributed by atoms with Crippen LogP contribution in [0.15, 0.2) is 24.0 Å². The van der Waals surface area contributed by atoms with Crippen molar-refractivity contribution in [3.8, 4) is 0 Å². The minimum Gasteiger partial charge on any atom is -0.241 e. The monoisotopic (exact) mass is 288 g/mol. The van der Waals surface area contributed by atoms with Gasteiger partial charge in [-0.1, -0.05) is 52.7 Å². The normalized spacial score (nSPS) is 13.7. The third kappa shape index (κ3) is 6.88. The van der Waals surface area contributed by atoms with Crippen LogP contribution in [0.1, 0.15) is 71.7 Å². The predicted molar refractivity (Wildman–Crippen MR) is 91.3 cm³/mol. The van der Waals surface area contributed by atoms with Crippen molar-refractivity contribution < 1.29 is 0 Å². The molecule has 2 nitrogen and oxygen atoms in total. The molecule has 1 heterocycles. The molecule has 1 aromatic heterocycles. The Kier molecular flexibility index (Phi) is 8.26. The maximum Gasteiger partial charge on any atom is 0.132 e. The number of allylic oxidation sites excluding steroid dienone is 2. The molecule has 1 aromatic rings. The van der Waals surface area contributed by atoms with Crippen LogP contribution in [0.3, 0.4) is 0 Å². The molecule has 0 aromatic carbocycles. The average molecular weight is 288 g/mol. The lowest BCUT2D eigenvalue weighted by atomic mass is 9.93. The molecule has 0 radical (unpaired) electrons. The van der Waals surface area contributed by atoms with E-state index in [1.807, 2.05) is 12.4 Å². The minimum atomic E-state index is 0.621. The van der Waals surface area contributed by atoms with E-state index in [9.17, 15) is 0 Å². The van der Waals surface area contributed by atoms with Crippen molar-refractivity contribution in [1.82, 2.24) is 9.97 Å². The van der Waals surface area contributed by atoms with Crippen LogP contribution in [0.2, 0.25) is 0 Å². The molecule has 118 valence electrons. The first-order valence-electron chi connectivity index (χ1n) is 8.55. The summed E-state index contributed by atoms with van der Waals surface area (Å²) in [6.07, 6.45) is 13.2. The van der Waals surface area contributed by atoms with E-state index < -0.39 is 0 Å². The zero-order chi connectivity index (χ0) is 15.7. The molecule has 0 aliphatic rings. The lowest BCUT2D eigenvalue weighted by molar-refractivity contribution is 0.581. The van der Waals surface area contributed by atoms with Crippen LogP contribution in [0, 0.1) is 11.8 Å². The van der Waals surface area contributed by atoms with Crippen LogP contribution >= 0.6 is 0 Å². The van der Waals surface area contributed by atoms with Gasteiger partial charge in [0.15, 0.2) is 0 Å². The van der Waals surface area contributed by atoms with E-state index in [0.29, 0.717) is 5.92 Å². The number of aromatic nitrogens is 2. The first-order chi connectivity index (χ1) is 10.1. The van der Waals surface area contributed by atoms with Crippen molar-refractivity contribution in [2.75, 3.05) is 0 Å². The van der Waals surface area contributed by atoms with Gasteiger partial charge in [0.25, 0.3) is 0 Å². The maximum absolute atomic E-state index is 4.55. The molecule has 21 heavy (non-hydrogen) atoms. The molecule has 0 aliphatic carbocycles. The zero-order valence-electron chi connectivity index (χ0n) is 14.5. The van der Waals surface area contributed by atoms with Gasteiger partial charge in [-0.2, -0.15) is 0 Å². The molecule has 1 unspecified atom stereocenters. The van der Waals surface area contributed by atoms with Crippen molar-refractivity contribution in [2.24, 2.45) is 11.8 Å².